The molecule has 112 valence electrons. The van der Waals surface area contributed by atoms with E-state index in [1.807, 2.05) is 7.05 Å². The Morgan fingerprint density at radius 2 is 2.25 bits per heavy atom. The molecule has 2 rings (SSSR count). The maximum absolute atomic E-state index is 9.58. The number of likely N-dealkylation sites (N-methyl/N-ethyl adjacent to an activating group) is 1. The van der Waals surface area contributed by atoms with Crippen molar-refractivity contribution in [2.75, 3.05) is 40.0 Å². The second-order valence-corrected chi connectivity index (χ2v) is 5.87. The minimum atomic E-state index is -0.285. The summed E-state index contributed by atoms with van der Waals surface area (Å²) in [5, 5.41) is 10.7. The summed E-state index contributed by atoms with van der Waals surface area (Å²) >= 11 is 11.9. The number of nitrogens with zero attached hydrogens (tertiary/aromatic N) is 1. The van der Waals surface area contributed by atoms with Crippen LogP contribution in [0.4, 0.5) is 0 Å². The van der Waals surface area contributed by atoms with E-state index in [4.69, 9.17) is 32.7 Å². The summed E-state index contributed by atoms with van der Waals surface area (Å²) < 4.78 is 11.0. The van der Waals surface area contributed by atoms with E-state index in [1.54, 1.807) is 18.2 Å². The molecule has 20 heavy (non-hydrogen) atoms. The second kappa shape index (κ2) is 6.96. The third-order valence-electron chi connectivity index (χ3n) is 3.76. The van der Waals surface area contributed by atoms with Gasteiger partial charge >= 0.3 is 0 Å². The lowest BCUT2D eigenvalue weighted by Gasteiger charge is -2.35. The van der Waals surface area contributed by atoms with E-state index in [2.05, 4.69) is 4.90 Å². The van der Waals surface area contributed by atoms with Crippen molar-refractivity contribution in [2.45, 2.75) is 12.0 Å². The molecule has 1 N–H and O–H groups in total. The van der Waals surface area contributed by atoms with Gasteiger partial charge in [-0.3, -0.25) is 4.90 Å². The van der Waals surface area contributed by atoms with Gasteiger partial charge in [0.25, 0.3) is 0 Å². The van der Waals surface area contributed by atoms with Crippen molar-refractivity contribution < 1.29 is 14.6 Å². The number of aliphatic hydroxyl groups is 1. The number of hydrogen-bond acceptors (Lipinski definition) is 4. The molecule has 0 aliphatic carbocycles. The predicted octanol–water partition coefficient (Wildman–Crippen LogP) is 2.46. The highest BCUT2D eigenvalue weighted by Crippen LogP contribution is 2.28. The lowest BCUT2D eigenvalue weighted by Crippen LogP contribution is -2.51. The first-order valence-corrected chi connectivity index (χ1v) is 7.31. The van der Waals surface area contributed by atoms with E-state index in [9.17, 15) is 5.11 Å². The number of benzene rings is 1. The molecule has 1 aliphatic rings. The fourth-order valence-electron chi connectivity index (χ4n) is 2.26. The number of hydrogen-bond donors (Lipinski definition) is 1. The summed E-state index contributed by atoms with van der Waals surface area (Å²) in [5.41, 5.74) is -0.285. The molecule has 0 bridgehead atoms. The molecular weight excluding hydrogens is 301 g/mol. The van der Waals surface area contributed by atoms with Crippen LogP contribution in [0.25, 0.3) is 0 Å². The van der Waals surface area contributed by atoms with Crippen LogP contribution in [0.5, 0.6) is 5.75 Å². The highest BCUT2D eigenvalue weighted by Gasteiger charge is 2.38. The maximum atomic E-state index is 9.58. The lowest BCUT2D eigenvalue weighted by atomic mass is 9.98. The Kier molecular flexibility index (Phi) is 5.52. The maximum Gasteiger partial charge on any atom is 0.138 e. The monoisotopic (exact) mass is 319 g/mol. The van der Waals surface area contributed by atoms with Gasteiger partial charge in [0, 0.05) is 18.2 Å². The molecule has 1 aromatic carbocycles. The molecule has 6 heteroatoms. The molecule has 0 aromatic heterocycles. The van der Waals surface area contributed by atoms with Gasteiger partial charge in [-0.1, -0.05) is 23.2 Å². The standard InChI is InChI=1S/C14H19Cl2NO3/c1-17(14(9-18)4-6-19-10-14)5-7-20-13-3-2-11(15)8-12(13)16/h2-3,8,18H,4-7,9-10H2,1H3. The fraction of sp³-hybridized carbons (Fsp3) is 0.571. The highest BCUT2D eigenvalue weighted by atomic mass is 35.5. The Morgan fingerprint density at radius 1 is 1.45 bits per heavy atom. The molecule has 0 amide bonds. The van der Waals surface area contributed by atoms with E-state index in [0.29, 0.717) is 42.2 Å². The molecule has 1 atom stereocenters. The van der Waals surface area contributed by atoms with Crippen molar-refractivity contribution in [2.24, 2.45) is 0 Å². The Balaban J connectivity index is 1.86. The smallest absolute Gasteiger partial charge is 0.138 e. The topological polar surface area (TPSA) is 41.9 Å². The summed E-state index contributed by atoms with van der Waals surface area (Å²) in [6.07, 6.45) is 0.835. The van der Waals surface area contributed by atoms with E-state index < -0.39 is 0 Å². The van der Waals surface area contributed by atoms with Crippen LogP contribution in [0.1, 0.15) is 6.42 Å². The number of halogens is 2. The van der Waals surface area contributed by atoms with Crippen molar-refractivity contribution in [1.82, 2.24) is 4.90 Å². The van der Waals surface area contributed by atoms with Gasteiger partial charge in [-0.15, -0.1) is 0 Å². The van der Waals surface area contributed by atoms with Crippen molar-refractivity contribution in [3.05, 3.63) is 28.2 Å². The summed E-state index contributed by atoms with van der Waals surface area (Å²) in [6, 6.07) is 5.15. The normalized spacial score (nSPS) is 22.4. The predicted molar refractivity (Wildman–Crippen MR) is 79.8 cm³/mol. The number of rotatable bonds is 6. The summed E-state index contributed by atoms with van der Waals surface area (Å²) in [4.78, 5) is 2.09. The Hall–Kier alpha value is -0.520. The van der Waals surface area contributed by atoms with Crippen molar-refractivity contribution in [3.8, 4) is 5.75 Å². The van der Waals surface area contributed by atoms with Gasteiger partial charge in [-0.2, -0.15) is 0 Å². The fourth-order valence-corrected chi connectivity index (χ4v) is 2.73. The van der Waals surface area contributed by atoms with E-state index >= 15 is 0 Å². The van der Waals surface area contributed by atoms with Crippen LogP contribution in [0, 0.1) is 0 Å². The Bertz CT molecular complexity index is 450. The van der Waals surface area contributed by atoms with Gasteiger partial charge in [0.15, 0.2) is 0 Å². The van der Waals surface area contributed by atoms with Crippen LogP contribution in [-0.2, 0) is 4.74 Å². The third-order valence-corrected chi connectivity index (χ3v) is 4.30. The van der Waals surface area contributed by atoms with Crippen LogP contribution < -0.4 is 4.74 Å². The zero-order valence-corrected chi connectivity index (χ0v) is 13.0. The van der Waals surface area contributed by atoms with Crippen molar-refractivity contribution in [1.29, 1.82) is 0 Å². The van der Waals surface area contributed by atoms with Crippen LogP contribution in [-0.4, -0.2) is 55.6 Å². The largest absolute Gasteiger partial charge is 0.491 e. The van der Waals surface area contributed by atoms with Crippen LogP contribution in [0.15, 0.2) is 18.2 Å². The van der Waals surface area contributed by atoms with Gasteiger partial charge in [0.1, 0.15) is 12.4 Å². The second-order valence-electron chi connectivity index (χ2n) is 5.03. The average molecular weight is 320 g/mol. The molecule has 0 saturated carbocycles. The zero-order valence-electron chi connectivity index (χ0n) is 11.4. The summed E-state index contributed by atoms with van der Waals surface area (Å²) in [7, 11) is 1.97. The van der Waals surface area contributed by atoms with Crippen LogP contribution in [0.3, 0.4) is 0 Å². The molecule has 0 radical (unpaired) electrons. The van der Waals surface area contributed by atoms with Gasteiger partial charge in [0.2, 0.25) is 0 Å². The molecule has 4 nitrogen and oxygen atoms in total. The summed E-state index contributed by atoms with van der Waals surface area (Å²) in [6.45, 7) is 2.50. The molecule has 1 fully saturated rings. The zero-order chi connectivity index (χ0) is 14.6. The first-order valence-electron chi connectivity index (χ1n) is 6.55. The molecule has 1 unspecified atom stereocenters. The minimum Gasteiger partial charge on any atom is -0.491 e. The molecule has 1 saturated heterocycles. The third kappa shape index (κ3) is 3.57. The van der Waals surface area contributed by atoms with Gasteiger partial charge in [-0.25, -0.2) is 0 Å². The molecule has 0 spiro atoms. The highest BCUT2D eigenvalue weighted by molar-refractivity contribution is 6.35. The number of aliphatic hydroxyl groups excluding tert-OH is 1. The van der Waals surface area contributed by atoms with E-state index in [-0.39, 0.29) is 12.1 Å². The average Bonchev–Trinajstić information content (AvgIpc) is 2.91. The quantitative estimate of drug-likeness (QED) is 0.874. The van der Waals surface area contributed by atoms with E-state index in [0.717, 1.165) is 6.42 Å². The van der Waals surface area contributed by atoms with Crippen LogP contribution in [0.2, 0.25) is 10.0 Å². The first kappa shape index (κ1) is 15.9. The first-order chi connectivity index (χ1) is 9.57. The molecule has 1 heterocycles. The molecule has 1 aromatic rings. The number of ether oxygens (including phenoxy) is 2. The minimum absolute atomic E-state index is 0.0885. The van der Waals surface area contributed by atoms with E-state index in [1.165, 1.54) is 0 Å². The van der Waals surface area contributed by atoms with Crippen molar-refractivity contribution in [3.63, 3.8) is 0 Å². The van der Waals surface area contributed by atoms with Crippen molar-refractivity contribution >= 4 is 23.2 Å². The molecular formula is C14H19Cl2NO3. The van der Waals surface area contributed by atoms with Gasteiger partial charge in [-0.05, 0) is 31.7 Å². The Labute approximate surface area is 129 Å². The summed E-state index contributed by atoms with van der Waals surface area (Å²) in [5.74, 6) is 0.616. The van der Waals surface area contributed by atoms with Gasteiger partial charge < -0.3 is 14.6 Å². The lowest BCUT2D eigenvalue weighted by molar-refractivity contribution is 0.0291. The van der Waals surface area contributed by atoms with Gasteiger partial charge in [0.05, 0.1) is 23.8 Å². The van der Waals surface area contributed by atoms with Crippen LogP contribution >= 0.6 is 23.2 Å². The Morgan fingerprint density at radius 3 is 2.85 bits per heavy atom. The molecule has 1 aliphatic heterocycles. The SMILES string of the molecule is CN(CCOc1ccc(Cl)cc1Cl)C1(CO)CCOC1.